The Morgan fingerprint density at radius 3 is 2.64 bits per heavy atom. The van der Waals surface area contributed by atoms with Crippen LogP contribution < -0.4 is 10.6 Å². The highest BCUT2D eigenvalue weighted by atomic mass is 35.5. The van der Waals surface area contributed by atoms with E-state index < -0.39 is 6.10 Å². The molecule has 2 aromatic carbocycles. The van der Waals surface area contributed by atoms with E-state index in [0.717, 1.165) is 16.7 Å². The zero-order valence-electron chi connectivity index (χ0n) is 12.6. The van der Waals surface area contributed by atoms with Crippen LogP contribution >= 0.6 is 11.6 Å². The molecule has 0 spiro atoms. The molecule has 0 bridgehead atoms. The van der Waals surface area contributed by atoms with Crippen LogP contribution in [0.25, 0.3) is 0 Å². The minimum atomic E-state index is -0.743. The maximum absolute atomic E-state index is 11.9. The van der Waals surface area contributed by atoms with Crippen molar-refractivity contribution in [1.29, 1.82) is 0 Å². The van der Waals surface area contributed by atoms with E-state index in [0.29, 0.717) is 10.7 Å². The number of nitrogens with one attached hydrogen (secondary N) is 2. The standard InChI is InChI=1S/C17H19ClN2O2/c1-11-5-3-4-6-14(11)16(21)10-19-17(22)20-15-9-13(18)8-7-12(15)2/h3-9,16,21H,10H2,1-2H3,(H2,19,20,22). The van der Waals surface area contributed by atoms with Crippen molar-refractivity contribution >= 4 is 23.3 Å². The van der Waals surface area contributed by atoms with Crippen molar-refractivity contribution in [2.75, 3.05) is 11.9 Å². The van der Waals surface area contributed by atoms with Gasteiger partial charge in [0.05, 0.1) is 6.10 Å². The third-order valence-corrected chi connectivity index (χ3v) is 3.69. The van der Waals surface area contributed by atoms with Crippen LogP contribution in [0.4, 0.5) is 10.5 Å². The molecule has 22 heavy (non-hydrogen) atoms. The third kappa shape index (κ3) is 4.23. The van der Waals surface area contributed by atoms with Crippen molar-refractivity contribution < 1.29 is 9.90 Å². The van der Waals surface area contributed by atoms with Crippen LogP contribution in [-0.2, 0) is 0 Å². The molecule has 116 valence electrons. The van der Waals surface area contributed by atoms with Crippen molar-refractivity contribution in [3.63, 3.8) is 0 Å². The molecule has 0 aliphatic carbocycles. The van der Waals surface area contributed by atoms with E-state index in [1.165, 1.54) is 0 Å². The fraction of sp³-hybridized carbons (Fsp3) is 0.235. The Hall–Kier alpha value is -2.04. The van der Waals surface area contributed by atoms with Gasteiger partial charge in [-0.1, -0.05) is 41.9 Å². The highest BCUT2D eigenvalue weighted by Gasteiger charge is 2.12. The Morgan fingerprint density at radius 1 is 1.18 bits per heavy atom. The van der Waals surface area contributed by atoms with Gasteiger partial charge in [-0.15, -0.1) is 0 Å². The van der Waals surface area contributed by atoms with E-state index in [4.69, 9.17) is 11.6 Å². The second-order valence-corrected chi connectivity index (χ2v) is 5.60. The van der Waals surface area contributed by atoms with Gasteiger partial charge >= 0.3 is 6.03 Å². The highest BCUT2D eigenvalue weighted by molar-refractivity contribution is 6.31. The largest absolute Gasteiger partial charge is 0.387 e. The fourth-order valence-corrected chi connectivity index (χ4v) is 2.33. The second kappa shape index (κ2) is 7.29. The number of hydrogen-bond acceptors (Lipinski definition) is 2. The van der Waals surface area contributed by atoms with Gasteiger partial charge < -0.3 is 15.7 Å². The summed E-state index contributed by atoms with van der Waals surface area (Å²) in [5.74, 6) is 0. The fourth-order valence-electron chi connectivity index (χ4n) is 2.16. The Kier molecular flexibility index (Phi) is 5.41. The zero-order chi connectivity index (χ0) is 16.1. The average molecular weight is 319 g/mol. The molecule has 2 aromatic rings. The quantitative estimate of drug-likeness (QED) is 0.802. The molecule has 0 fully saturated rings. The molecule has 4 nitrogen and oxygen atoms in total. The molecule has 2 rings (SSSR count). The van der Waals surface area contributed by atoms with Gasteiger partial charge in [0, 0.05) is 17.3 Å². The van der Waals surface area contributed by atoms with Gasteiger partial charge in [-0.2, -0.15) is 0 Å². The molecular weight excluding hydrogens is 300 g/mol. The topological polar surface area (TPSA) is 61.4 Å². The van der Waals surface area contributed by atoms with Gasteiger partial charge in [0.1, 0.15) is 0 Å². The van der Waals surface area contributed by atoms with Crippen LogP contribution in [-0.4, -0.2) is 17.7 Å². The van der Waals surface area contributed by atoms with Gasteiger partial charge in [-0.3, -0.25) is 0 Å². The van der Waals surface area contributed by atoms with Crippen molar-refractivity contribution in [3.8, 4) is 0 Å². The van der Waals surface area contributed by atoms with Gasteiger partial charge in [-0.05, 0) is 42.7 Å². The minimum absolute atomic E-state index is 0.135. The summed E-state index contributed by atoms with van der Waals surface area (Å²) in [5.41, 5.74) is 3.36. The summed E-state index contributed by atoms with van der Waals surface area (Å²) in [4.78, 5) is 11.9. The van der Waals surface area contributed by atoms with Crippen LogP contribution in [0.2, 0.25) is 5.02 Å². The first-order valence-electron chi connectivity index (χ1n) is 7.02. The molecule has 2 amide bonds. The number of aliphatic hydroxyl groups excluding tert-OH is 1. The summed E-state index contributed by atoms with van der Waals surface area (Å²) in [6.45, 7) is 3.94. The van der Waals surface area contributed by atoms with Crippen molar-refractivity contribution in [2.24, 2.45) is 0 Å². The molecule has 0 saturated carbocycles. The predicted octanol–water partition coefficient (Wildman–Crippen LogP) is 3.81. The summed E-state index contributed by atoms with van der Waals surface area (Å²) in [6, 6.07) is 12.5. The number of anilines is 1. The maximum atomic E-state index is 11.9. The highest BCUT2D eigenvalue weighted by Crippen LogP contribution is 2.20. The van der Waals surface area contributed by atoms with Crippen LogP contribution in [0.15, 0.2) is 42.5 Å². The lowest BCUT2D eigenvalue weighted by Crippen LogP contribution is -2.32. The molecule has 1 atom stereocenters. The Balaban J connectivity index is 1.93. The van der Waals surface area contributed by atoms with Gasteiger partial charge in [-0.25, -0.2) is 4.79 Å². The van der Waals surface area contributed by atoms with Gasteiger partial charge in [0.2, 0.25) is 0 Å². The van der Waals surface area contributed by atoms with Gasteiger partial charge in [0.25, 0.3) is 0 Å². The zero-order valence-corrected chi connectivity index (χ0v) is 13.3. The lowest BCUT2D eigenvalue weighted by Gasteiger charge is -2.15. The van der Waals surface area contributed by atoms with Crippen molar-refractivity contribution in [3.05, 3.63) is 64.2 Å². The van der Waals surface area contributed by atoms with E-state index in [1.807, 2.05) is 44.2 Å². The molecule has 0 aromatic heterocycles. The second-order valence-electron chi connectivity index (χ2n) is 5.17. The lowest BCUT2D eigenvalue weighted by molar-refractivity contribution is 0.174. The van der Waals surface area contributed by atoms with Crippen LogP contribution in [0.1, 0.15) is 22.8 Å². The summed E-state index contributed by atoms with van der Waals surface area (Å²) in [6.07, 6.45) is -0.743. The number of halogens is 1. The van der Waals surface area contributed by atoms with Crippen LogP contribution in [0, 0.1) is 13.8 Å². The number of carbonyl (C=O) groups excluding carboxylic acids is 1. The first kappa shape index (κ1) is 16.3. The minimum Gasteiger partial charge on any atom is -0.387 e. The SMILES string of the molecule is Cc1ccc(Cl)cc1NC(=O)NCC(O)c1ccccc1C. The van der Waals surface area contributed by atoms with Crippen LogP contribution in [0.3, 0.4) is 0 Å². The number of rotatable bonds is 4. The number of urea groups is 1. The summed E-state index contributed by atoms with van der Waals surface area (Å²) >= 11 is 5.91. The molecule has 0 aliphatic rings. The maximum Gasteiger partial charge on any atom is 0.319 e. The molecule has 0 heterocycles. The van der Waals surface area contributed by atoms with E-state index in [-0.39, 0.29) is 12.6 Å². The first-order chi connectivity index (χ1) is 10.5. The van der Waals surface area contributed by atoms with E-state index >= 15 is 0 Å². The molecule has 5 heteroatoms. The average Bonchev–Trinajstić information content (AvgIpc) is 2.49. The monoisotopic (exact) mass is 318 g/mol. The summed E-state index contributed by atoms with van der Waals surface area (Å²) < 4.78 is 0. The molecule has 0 saturated heterocycles. The Morgan fingerprint density at radius 2 is 1.91 bits per heavy atom. The molecule has 3 N–H and O–H groups in total. The number of aliphatic hydroxyl groups is 1. The molecule has 1 unspecified atom stereocenters. The van der Waals surface area contributed by atoms with E-state index in [2.05, 4.69) is 10.6 Å². The first-order valence-corrected chi connectivity index (χ1v) is 7.40. The number of amides is 2. The third-order valence-electron chi connectivity index (χ3n) is 3.45. The number of benzene rings is 2. The summed E-state index contributed by atoms with van der Waals surface area (Å²) in [7, 11) is 0. The van der Waals surface area contributed by atoms with Gasteiger partial charge in [0.15, 0.2) is 0 Å². The Bertz CT molecular complexity index is 673. The molecule has 0 radical (unpaired) electrons. The van der Waals surface area contributed by atoms with E-state index in [9.17, 15) is 9.90 Å². The molecular formula is C17H19ClN2O2. The molecule has 0 aliphatic heterocycles. The normalized spacial score (nSPS) is 11.8. The Labute approximate surface area is 135 Å². The lowest BCUT2D eigenvalue weighted by atomic mass is 10.0. The van der Waals surface area contributed by atoms with E-state index in [1.54, 1.807) is 12.1 Å². The van der Waals surface area contributed by atoms with Crippen molar-refractivity contribution in [2.45, 2.75) is 20.0 Å². The van der Waals surface area contributed by atoms with Crippen molar-refractivity contribution in [1.82, 2.24) is 5.32 Å². The van der Waals surface area contributed by atoms with Crippen LogP contribution in [0.5, 0.6) is 0 Å². The smallest absolute Gasteiger partial charge is 0.319 e. The number of aryl methyl sites for hydroxylation is 2. The predicted molar refractivity (Wildman–Crippen MR) is 89.3 cm³/mol. The summed E-state index contributed by atoms with van der Waals surface area (Å²) in [5, 5.41) is 16.1. The number of hydrogen-bond donors (Lipinski definition) is 3. The number of carbonyl (C=O) groups is 1.